The van der Waals surface area contributed by atoms with Gasteiger partial charge in [0.25, 0.3) is 0 Å². The Labute approximate surface area is 45.1 Å². The molecule has 50 valence electrons. The Hall–Kier alpha value is -0.350. The average molecular weight is 104 g/mol. The first-order valence-corrected chi connectivity index (χ1v) is 0.471. The van der Waals surface area contributed by atoms with Crippen LogP contribution in [-0.4, -0.2) is 26.7 Å². The second kappa shape index (κ2) is 147. The van der Waals surface area contributed by atoms with Crippen LogP contribution in [0.15, 0.2) is 0 Å². The molecule has 0 aliphatic heterocycles. The van der Waals surface area contributed by atoms with E-state index < -0.39 is 7.35 Å². The van der Waals surface area contributed by atoms with Crippen molar-refractivity contribution < 1.29 is 27.8 Å². The molecule has 0 aliphatic rings. The van der Waals surface area contributed by atoms with E-state index in [1.54, 1.807) is 0 Å². The number of hydrogen-bond acceptors (Lipinski definition) is 2. The standard InChI is InChI=1S/BO2.BH4.2H2O.5H2/c2-1-3;;;;;;;;/h;1H4;2*1H2;5*1H/q2*-1;;;;;;;. The van der Waals surface area contributed by atoms with Crippen molar-refractivity contribution in [3.63, 3.8) is 0 Å². The van der Waals surface area contributed by atoms with Crippen molar-refractivity contribution >= 4 is 15.8 Å². The predicted octanol–water partition coefficient (Wildman–Crippen LogP) is -3.56. The first-order valence-electron chi connectivity index (χ1n) is 0.471. The smallest absolute Gasteiger partial charge is 0 e. The first kappa shape index (κ1) is 44.9. The van der Waals surface area contributed by atoms with Crippen LogP contribution in [0.2, 0.25) is 0 Å². The molecule has 6 heavy (non-hydrogen) atoms. The molecule has 4 nitrogen and oxygen atoms in total. The van der Waals surface area contributed by atoms with Crippen LogP contribution in [0.5, 0.6) is 0 Å². The van der Waals surface area contributed by atoms with Gasteiger partial charge in [-0.15, -0.1) is 0 Å². The van der Waals surface area contributed by atoms with Gasteiger partial charge in [0.05, 0.1) is 0 Å². The molecule has 0 bridgehead atoms. The van der Waals surface area contributed by atoms with E-state index in [1.165, 1.54) is 0 Å². The van der Waals surface area contributed by atoms with Gasteiger partial charge in [-0.2, -0.15) is 0 Å². The van der Waals surface area contributed by atoms with Crippen LogP contribution in [0.4, 0.5) is 0 Å². The minimum absolute atomic E-state index is 0. The van der Waals surface area contributed by atoms with Crippen molar-refractivity contribution in [2.24, 2.45) is 0 Å². The molecule has 0 fully saturated rings. The molecule has 6 heteroatoms. The zero-order chi connectivity index (χ0) is 2.71. The molecule has 0 saturated heterocycles. The van der Waals surface area contributed by atoms with E-state index in [-0.39, 0.29) is 26.5 Å². The molecule has 0 rings (SSSR count). The molecule has 0 amide bonds. The normalized spacial score (nSPS) is 1.33. The molecule has 0 radical (unpaired) electrons. The summed E-state index contributed by atoms with van der Waals surface area (Å²) in [6, 6.07) is 0. The van der Waals surface area contributed by atoms with E-state index in [0.717, 1.165) is 0 Å². The fourth-order valence-corrected chi connectivity index (χ4v) is 0. The molecule has 4 N–H and O–H groups in total. The molecule has 0 atom stereocenters. The Kier molecular flexibility index (Phi) is 1100. The Balaban J connectivity index is -0.000000000714. The van der Waals surface area contributed by atoms with Crippen molar-refractivity contribution in [2.75, 3.05) is 0 Å². The Morgan fingerprint density at radius 1 is 1.50 bits per heavy atom. The summed E-state index contributed by atoms with van der Waals surface area (Å²) in [4.78, 5) is 0. The number of hydrogen-bond donors (Lipinski definition) is 0. The van der Waals surface area contributed by atoms with Gasteiger partial charge >= 0.3 is 17.1 Å². The van der Waals surface area contributed by atoms with Crippen molar-refractivity contribution in [2.45, 2.75) is 0 Å². The minimum atomic E-state index is -0.500. The molecule has 0 unspecified atom stereocenters. The van der Waals surface area contributed by atoms with Crippen LogP contribution in [-0.2, 0) is 4.70 Å². The van der Waals surface area contributed by atoms with Crippen LogP contribution >= 0.6 is 0 Å². The first-order chi connectivity index (χ1) is 1.41. The summed E-state index contributed by atoms with van der Waals surface area (Å²) in [6.45, 7) is 0. The van der Waals surface area contributed by atoms with Crippen LogP contribution < -0.4 is 5.02 Å². The van der Waals surface area contributed by atoms with Crippen LogP contribution in [0, 0.1) is 0 Å². The van der Waals surface area contributed by atoms with Crippen molar-refractivity contribution in [1.29, 1.82) is 0 Å². The van der Waals surface area contributed by atoms with E-state index >= 15 is 0 Å². The van der Waals surface area contributed by atoms with Gasteiger partial charge in [0.1, 0.15) is 0 Å². The second-order valence-electron chi connectivity index (χ2n) is 0.0962. The fraction of sp³-hybridized carbons (Fsp3) is 0. The van der Waals surface area contributed by atoms with Gasteiger partial charge < -0.3 is 11.0 Å². The van der Waals surface area contributed by atoms with E-state index in [2.05, 4.69) is 0 Å². The van der Waals surface area contributed by atoms with Gasteiger partial charge in [0.2, 0.25) is 0 Å². The summed E-state index contributed by atoms with van der Waals surface area (Å²) in [6.07, 6.45) is 0. The van der Waals surface area contributed by atoms with Crippen LogP contribution in [0.1, 0.15) is 7.13 Å². The molecule has 0 heterocycles. The van der Waals surface area contributed by atoms with E-state index in [0.29, 0.717) is 0 Å². The third-order valence-corrected chi connectivity index (χ3v) is 0. The van der Waals surface area contributed by atoms with E-state index in [4.69, 9.17) is 9.73 Å². The van der Waals surface area contributed by atoms with Gasteiger partial charge in [-0.25, -0.2) is 0 Å². The molecular formula is H18B2O4-2. The van der Waals surface area contributed by atoms with Gasteiger partial charge in [-0.3, -0.25) is 0 Å². The molecular weight excluding hydrogens is 85.6 g/mol. The maximum absolute atomic E-state index is 8.25. The maximum Gasteiger partial charge on any atom is 0 e. The monoisotopic (exact) mass is 104 g/mol. The zero-order valence-electron chi connectivity index (χ0n) is 2.39. The predicted molar refractivity (Wildman–Crippen MR) is 35.6 cm³/mol. The zero-order valence-corrected chi connectivity index (χ0v) is 2.39. The Morgan fingerprint density at radius 2 is 1.50 bits per heavy atom. The molecule has 0 aromatic rings. The number of rotatable bonds is 0. The summed E-state index contributed by atoms with van der Waals surface area (Å²) in [7, 11) is -0.500. The molecule has 0 aliphatic carbocycles. The molecule has 0 aromatic carbocycles. The van der Waals surface area contributed by atoms with Crippen molar-refractivity contribution in [3.8, 4) is 0 Å². The summed E-state index contributed by atoms with van der Waals surface area (Å²) >= 11 is 0. The van der Waals surface area contributed by atoms with Gasteiger partial charge in [0.15, 0.2) is 0 Å². The quantitative estimate of drug-likeness (QED) is 0.296. The second-order valence-corrected chi connectivity index (χ2v) is 0.0962. The summed E-state index contributed by atoms with van der Waals surface area (Å²) < 4.78 is 8.25. The molecule has 0 aromatic heterocycles. The largest absolute Gasteiger partial charge is 0.0626 e. The van der Waals surface area contributed by atoms with Gasteiger partial charge in [-0.05, 0) is 0 Å². The van der Waals surface area contributed by atoms with Crippen LogP contribution in [0.3, 0.4) is 0 Å². The van der Waals surface area contributed by atoms with Crippen LogP contribution in [0.25, 0.3) is 0 Å². The summed E-state index contributed by atoms with van der Waals surface area (Å²) in [5, 5.41) is 8.25. The van der Waals surface area contributed by atoms with Crippen molar-refractivity contribution in [3.05, 3.63) is 0 Å². The average Bonchev–Trinajstić information content (AvgIpc) is 0.918. The molecule has 0 saturated carbocycles. The minimum Gasteiger partial charge on any atom is -0.0626 e. The molecule has 0 spiro atoms. The maximum atomic E-state index is 8.25. The van der Waals surface area contributed by atoms with Gasteiger partial charge in [0, 0.05) is 7.13 Å². The topological polar surface area (TPSA) is 103 Å². The fourth-order valence-electron chi connectivity index (χ4n) is 0. The SMILES string of the molecule is O.O.O=B[O-].[BH4-].[HH].[HH].[HH].[HH].[HH]. The Morgan fingerprint density at radius 3 is 1.50 bits per heavy atom. The van der Waals surface area contributed by atoms with E-state index in [1.807, 2.05) is 0 Å². The van der Waals surface area contributed by atoms with E-state index in [9.17, 15) is 0 Å². The summed E-state index contributed by atoms with van der Waals surface area (Å²) in [5.41, 5.74) is 0. The summed E-state index contributed by atoms with van der Waals surface area (Å²) in [5.74, 6) is 0. The third kappa shape index (κ3) is 209. The Bertz CT molecular complexity index is 24.0. The van der Waals surface area contributed by atoms with Crippen molar-refractivity contribution in [1.82, 2.24) is 0 Å². The third-order valence-electron chi connectivity index (χ3n) is 0. The van der Waals surface area contributed by atoms with Gasteiger partial charge in [-0.1, -0.05) is 8.41 Å².